The smallest absolute Gasteiger partial charge is 0.0801 e. The maximum absolute atomic E-state index is 12.5. The Hall–Kier alpha value is -0.670. The van der Waals surface area contributed by atoms with Gasteiger partial charge in [-0.3, -0.25) is 4.21 Å². The molecule has 1 aromatic rings. The van der Waals surface area contributed by atoms with Crippen molar-refractivity contribution in [2.24, 2.45) is 0 Å². The molecule has 1 unspecified atom stereocenters. The van der Waals surface area contributed by atoms with Crippen LogP contribution in [-0.4, -0.2) is 22.2 Å². The number of hydrogen-bond donors (Lipinski definition) is 0. The van der Waals surface area contributed by atoms with Gasteiger partial charge < -0.3 is 4.74 Å². The van der Waals surface area contributed by atoms with Crippen molar-refractivity contribution in [2.75, 3.05) is 12.4 Å². The Kier molecular flexibility index (Phi) is 5.17. The lowest BCUT2D eigenvalue weighted by atomic mass is 9.96. The SMILES string of the molecule is CCCC[C@]1(CS(=O)c2ccc(C)cc2)CCCO1. The molecule has 2 nitrogen and oxygen atoms in total. The molecule has 0 radical (unpaired) electrons. The van der Waals surface area contributed by atoms with Crippen LogP contribution in [0.4, 0.5) is 0 Å². The highest BCUT2D eigenvalue weighted by molar-refractivity contribution is 7.85. The molecule has 2 atom stereocenters. The molecular formula is C16H24O2S. The van der Waals surface area contributed by atoms with Crippen LogP contribution < -0.4 is 0 Å². The van der Waals surface area contributed by atoms with Crippen molar-refractivity contribution in [1.82, 2.24) is 0 Å². The molecule has 106 valence electrons. The number of rotatable bonds is 6. The highest BCUT2D eigenvalue weighted by Gasteiger charge is 2.36. The fraction of sp³-hybridized carbons (Fsp3) is 0.625. The molecule has 1 saturated heterocycles. The van der Waals surface area contributed by atoms with Gasteiger partial charge in [-0.15, -0.1) is 0 Å². The van der Waals surface area contributed by atoms with Gasteiger partial charge in [-0.1, -0.05) is 37.5 Å². The maximum atomic E-state index is 12.5. The zero-order valence-corrected chi connectivity index (χ0v) is 12.8. The highest BCUT2D eigenvalue weighted by Crippen LogP contribution is 2.33. The Labute approximate surface area is 119 Å². The summed E-state index contributed by atoms with van der Waals surface area (Å²) in [5, 5.41) is 0. The molecule has 0 saturated carbocycles. The second kappa shape index (κ2) is 6.67. The molecule has 0 spiro atoms. The summed E-state index contributed by atoms with van der Waals surface area (Å²) >= 11 is 0. The first-order valence-corrected chi connectivity index (χ1v) is 8.56. The predicted molar refractivity (Wildman–Crippen MR) is 79.9 cm³/mol. The van der Waals surface area contributed by atoms with Gasteiger partial charge in [0.2, 0.25) is 0 Å². The van der Waals surface area contributed by atoms with Gasteiger partial charge in [-0.25, -0.2) is 0 Å². The quantitative estimate of drug-likeness (QED) is 0.791. The van der Waals surface area contributed by atoms with Crippen molar-refractivity contribution < 1.29 is 8.95 Å². The summed E-state index contributed by atoms with van der Waals surface area (Å²) in [7, 11) is -0.949. The van der Waals surface area contributed by atoms with Gasteiger partial charge in [0.15, 0.2) is 0 Å². The minimum absolute atomic E-state index is 0.133. The summed E-state index contributed by atoms with van der Waals surface area (Å²) < 4.78 is 18.5. The second-order valence-corrected chi connectivity index (χ2v) is 6.99. The summed E-state index contributed by atoms with van der Waals surface area (Å²) in [6, 6.07) is 8.02. The highest BCUT2D eigenvalue weighted by atomic mass is 32.2. The molecule has 3 heteroatoms. The number of hydrogen-bond acceptors (Lipinski definition) is 2. The van der Waals surface area contributed by atoms with Gasteiger partial charge in [0, 0.05) is 11.5 Å². The van der Waals surface area contributed by atoms with E-state index in [1.807, 2.05) is 24.3 Å². The molecule has 0 amide bonds. The van der Waals surface area contributed by atoms with Crippen LogP contribution in [-0.2, 0) is 15.5 Å². The van der Waals surface area contributed by atoms with E-state index in [1.165, 1.54) is 12.0 Å². The average molecular weight is 280 g/mol. The molecule has 0 N–H and O–H groups in total. The summed E-state index contributed by atoms with van der Waals surface area (Å²) in [5.41, 5.74) is 1.07. The molecular weight excluding hydrogens is 256 g/mol. The normalized spacial score (nSPS) is 24.5. The van der Waals surface area contributed by atoms with Crippen LogP contribution in [0.5, 0.6) is 0 Å². The molecule has 19 heavy (non-hydrogen) atoms. The van der Waals surface area contributed by atoms with Crippen LogP contribution in [0.1, 0.15) is 44.6 Å². The number of benzene rings is 1. The van der Waals surface area contributed by atoms with E-state index in [0.717, 1.165) is 37.2 Å². The molecule has 1 aliphatic heterocycles. The topological polar surface area (TPSA) is 26.3 Å². The molecule has 1 aliphatic rings. The molecule has 0 aliphatic carbocycles. The zero-order valence-electron chi connectivity index (χ0n) is 12.0. The minimum atomic E-state index is -0.949. The van der Waals surface area contributed by atoms with E-state index >= 15 is 0 Å². The van der Waals surface area contributed by atoms with Crippen molar-refractivity contribution >= 4 is 10.8 Å². The van der Waals surface area contributed by atoms with Crippen molar-refractivity contribution in [3.8, 4) is 0 Å². The molecule has 0 aromatic heterocycles. The van der Waals surface area contributed by atoms with E-state index in [4.69, 9.17) is 4.74 Å². The fourth-order valence-corrected chi connectivity index (χ4v) is 4.11. The van der Waals surface area contributed by atoms with Crippen molar-refractivity contribution in [3.05, 3.63) is 29.8 Å². The third-order valence-corrected chi connectivity index (χ3v) is 5.44. The fourth-order valence-electron chi connectivity index (χ4n) is 2.65. The average Bonchev–Trinajstić information content (AvgIpc) is 2.86. The number of ether oxygens (including phenoxy) is 1. The summed E-state index contributed by atoms with van der Waals surface area (Å²) in [6.07, 6.45) is 5.54. The summed E-state index contributed by atoms with van der Waals surface area (Å²) in [5.74, 6) is 0.649. The lowest BCUT2D eigenvalue weighted by Gasteiger charge is -2.27. The van der Waals surface area contributed by atoms with E-state index in [9.17, 15) is 4.21 Å². The van der Waals surface area contributed by atoms with Crippen molar-refractivity contribution in [2.45, 2.75) is 56.4 Å². The standard InChI is InChI=1S/C16H24O2S/c1-3-4-10-16(11-5-12-18-16)13-19(17)15-8-6-14(2)7-9-15/h6-9H,3-5,10-13H2,1-2H3/t16-,19?/m1/s1. The van der Waals surface area contributed by atoms with E-state index in [0.29, 0.717) is 5.75 Å². The summed E-state index contributed by atoms with van der Waals surface area (Å²) in [6.45, 7) is 5.07. The van der Waals surface area contributed by atoms with Gasteiger partial charge in [0.05, 0.1) is 22.2 Å². The Morgan fingerprint density at radius 1 is 1.32 bits per heavy atom. The van der Waals surface area contributed by atoms with Crippen LogP contribution in [0, 0.1) is 6.92 Å². The Morgan fingerprint density at radius 2 is 2.05 bits per heavy atom. The largest absolute Gasteiger partial charge is 0.374 e. The number of unbranched alkanes of at least 4 members (excludes halogenated alkanes) is 1. The van der Waals surface area contributed by atoms with Crippen molar-refractivity contribution in [3.63, 3.8) is 0 Å². The molecule has 0 bridgehead atoms. The van der Waals surface area contributed by atoms with E-state index in [2.05, 4.69) is 13.8 Å². The van der Waals surface area contributed by atoms with Crippen LogP contribution >= 0.6 is 0 Å². The predicted octanol–water partition coefficient (Wildman–Crippen LogP) is 3.84. The monoisotopic (exact) mass is 280 g/mol. The Balaban J connectivity index is 2.04. The van der Waals surface area contributed by atoms with E-state index in [-0.39, 0.29) is 5.60 Å². The molecule has 2 rings (SSSR count). The lowest BCUT2D eigenvalue weighted by Crippen LogP contribution is -2.34. The summed E-state index contributed by atoms with van der Waals surface area (Å²) in [4.78, 5) is 0.928. The van der Waals surface area contributed by atoms with Crippen molar-refractivity contribution in [1.29, 1.82) is 0 Å². The maximum Gasteiger partial charge on any atom is 0.0801 e. The van der Waals surface area contributed by atoms with Crippen LogP contribution in [0.25, 0.3) is 0 Å². The Bertz CT molecular complexity index is 419. The third kappa shape index (κ3) is 3.90. The van der Waals surface area contributed by atoms with Gasteiger partial charge in [-0.2, -0.15) is 0 Å². The van der Waals surface area contributed by atoms with Gasteiger partial charge in [0.1, 0.15) is 0 Å². The van der Waals surface area contributed by atoms with Gasteiger partial charge in [0.25, 0.3) is 0 Å². The first-order valence-electron chi connectivity index (χ1n) is 7.24. The van der Waals surface area contributed by atoms with E-state index in [1.54, 1.807) is 0 Å². The minimum Gasteiger partial charge on any atom is -0.374 e. The molecule has 1 fully saturated rings. The van der Waals surface area contributed by atoms with E-state index < -0.39 is 10.8 Å². The van der Waals surface area contributed by atoms with Gasteiger partial charge >= 0.3 is 0 Å². The third-order valence-electron chi connectivity index (χ3n) is 3.85. The first-order chi connectivity index (χ1) is 9.15. The zero-order chi connectivity index (χ0) is 13.7. The van der Waals surface area contributed by atoms with Crippen LogP contribution in [0.2, 0.25) is 0 Å². The second-order valence-electron chi connectivity index (χ2n) is 5.54. The van der Waals surface area contributed by atoms with Crippen LogP contribution in [0.15, 0.2) is 29.2 Å². The van der Waals surface area contributed by atoms with Crippen LogP contribution in [0.3, 0.4) is 0 Å². The lowest BCUT2D eigenvalue weighted by molar-refractivity contribution is 0.0151. The first kappa shape index (κ1) is 14.7. The molecule has 1 aromatic carbocycles. The molecule has 1 heterocycles. The number of aryl methyl sites for hydroxylation is 1. The Morgan fingerprint density at radius 3 is 2.63 bits per heavy atom. The van der Waals surface area contributed by atoms with Gasteiger partial charge in [-0.05, 0) is 38.3 Å².